The molecule has 0 saturated heterocycles. The van der Waals surface area contributed by atoms with Crippen molar-refractivity contribution in [3.05, 3.63) is 12.5 Å². The summed E-state index contributed by atoms with van der Waals surface area (Å²) in [4.78, 5) is 3.63. The molecule has 0 unspecified atom stereocenters. The van der Waals surface area contributed by atoms with Crippen molar-refractivity contribution in [3.8, 4) is 0 Å². The topological polar surface area (TPSA) is 105 Å². The monoisotopic (exact) mass is 221 g/mol. The van der Waals surface area contributed by atoms with Crippen LogP contribution >= 0.6 is 24.4 Å². The summed E-state index contributed by atoms with van der Waals surface area (Å²) in [6.07, 6.45) is 2.82. The molecule has 0 aliphatic carbocycles. The normalized spacial score (nSPS) is 8.00. The zero-order valence-corrected chi connectivity index (χ0v) is 7.93. The number of anilines is 1. The predicted molar refractivity (Wildman–Crippen MR) is 54.8 cm³/mol. The van der Waals surface area contributed by atoms with Gasteiger partial charge in [-0.1, -0.05) is 0 Å². The van der Waals surface area contributed by atoms with Gasteiger partial charge in [0.25, 0.3) is 10.3 Å². The highest BCUT2D eigenvalue weighted by Crippen LogP contribution is 1.99. The molecule has 0 fully saturated rings. The molecule has 0 saturated carbocycles. The molecule has 13 heavy (non-hydrogen) atoms. The molecule has 72 valence electrons. The molecule has 8 heteroatoms. The van der Waals surface area contributed by atoms with Gasteiger partial charge in [-0.2, -0.15) is 0 Å². The van der Waals surface area contributed by atoms with Crippen LogP contribution in [0.1, 0.15) is 0 Å². The maximum atomic E-state index is 8.44. The van der Waals surface area contributed by atoms with Crippen LogP contribution in [-0.2, 0) is 0 Å². The lowest BCUT2D eigenvalue weighted by Gasteiger charge is -1.91. The fraction of sp³-hybridized carbons (Fsp3) is 0. The van der Waals surface area contributed by atoms with Crippen LogP contribution in [0.2, 0.25) is 0 Å². The van der Waals surface area contributed by atoms with Crippen molar-refractivity contribution >= 4 is 40.8 Å². The molecule has 0 aliphatic rings. The lowest BCUT2D eigenvalue weighted by atomic mass is 11.0. The van der Waals surface area contributed by atoms with E-state index in [0.717, 1.165) is 0 Å². The van der Waals surface area contributed by atoms with Gasteiger partial charge in [0.05, 0.1) is 6.20 Å². The van der Waals surface area contributed by atoms with E-state index in [-0.39, 0.29) is 11.2 Å². The summed E-state index contributed by atoms with van der Waals surface area (Å²) in [6.45, 7) is 0. The Labute approximate surface area is 84.4 Å². The van der Waals surface area contributed by atoms with Crippen molar-refractivity contribution in [2.24, 2.45) is 5.73 Å². The van der Waals surface area contributed by atoms with Crippen LogP contribution in [0.4, 0.5) is 6.01 Å². The van der Waals surface area contributed by atoms with Gasteiger partial charge in [-0.15, -0.1) is 0 Å². The highest BCUT2D eigenvalue weighted by atomic mass is 32.1. The van der Waals surface area contributed by atoms with E-state index in [1.54, 1.807) is 0 Å². The third kappa shape index (κ3) is 8.50. The first-order chi connectivity index (χ1) is 6.02. The summed E-state index contributed by atoms with van der Waals surface area (Å²) in [7, 11) is 0. The summed E-state index contributed by atoms with van der Waals surface area (Å²) in [5.41, 5.74) is 4.40. The number of nitrogens with two attached hydrogens (primary N) is 1. The lowest BCUT2D eigenvalue weighted by molar-refractivity contribution is 0.547. The van der Waals surface area contributed by atoms with Crippen molar-refractivity contribution in [1.82, 2.24) is 4.98 Å². The predicted octanol–water partition coefficient (Wildman–Crippen LogP) is 0.717. The highest BCUT2D eigenvalue weighted by Gasteiger charge is 1.95. The standard InChI is InChI=1S/C4H4N2O2S.CH3NOS/c7-4(9)6-3-5-1-2-8-3;2-1(3)4/h1-2H,(H2,5,6,7,9);(H3,2,3,4). The Morgan fingerprint density at radius 3 is 2.38 bits per heavy atom. The highest BCUT2D eigenvalue weighted by molar-refractivity contribution is 7.80. The largest absolute Gasteiger partial charge is 0.487 e. The number of rotatable bonds is 1. The van der Waals surface area contributed by atoms with Gasteiger partial charge >= 0.3 is 6.01 Å². The van der Waals surface area contributed by atoms with E-state index < -0.39 is 5.17 Å². The average molecular weight is 221 g/mol. The van der Waals surface area contributed by atoms with Gasteiger partial charge in [-0.05, 0) is 24.4 Å². The van der Waals surface area contributed by atoms with Gasteiger partial charge < -0.3 is 20.4 Å². The maximum Gasteiger partial charge on any atom is 0.302 e. The Hall–Kier alpha value is -1.41. The zero-order chi connectivity index (χ0) is 10.3. The van der Waals surface area contributed by atoms with Gasteiger partial charge in [0.2, 0.25) is 0 Å². The average Bonchev–Trinajstić information content (AvgIpc) is 2.36. The first kappa shape index (κ1) is 11.6. The summed E-state index contributed by atoms with van der Waals surface area (Å²) in [5.74, 6) is 0. The molecule has 0 radical (unpaired) electrons. The number of oxazole rings is 1. The van der Waals surface area contributed by atoms with Crippen LogP contribution in [0.5, 0.6) is 0 Å². The second kappa shape index (κ2) is 6.14. The number of hydrogen-bond acceptors (Lipinski definition) is 4. The quantitative estimate of drug-likeness (QED) is 0.514. The van der Waals surface area contributed by atoms with Crippen molar-refractivity contribution in [3.63, 3.8) is 0 Å². The minimum Gasteiger partial charge on any atom is -0.487 e. The number of hydrogen-bond donors (Lipinski definition) is 4. The van der Waals surface area contributed by atoms with Gasteiger partial charge in [0.15, 0.2) is 0 Å². The van der Waals surface area contributed by atoms with E-state index >= 15 is 0 Å². The van der Waals surface area contributed by atoms with Crippen molar-refractivity contribution in [1.29, 1.82) is 0 Å². The first-order valence-corrected chi connectivity index (χ1v) is 3.72. The van der Waals surface area contributed by atoms with E-state index in [4.69, 9.17) is 10.2 Å². The number of nitrogens with one attached hydrogen (secondary N) is 1. The molecule has 1 rings (SSSR count). The van der Waals surface area contributed by atoms with Crippen molar-refractivity contribution < 1.29 is 14.6 Å². The molecule has 0 atom stereocenters. The number of aliphatic hydroxyl groups is 2. The summed E-state index contributed by atoms with van der Waals surface area (Å²) in [6, 6.07) is 0.197. The summed E-state index contributed by atoms with van der Waals surface area (Å²) in [5, 5.41) is 17.5. The van der Waals surface area contributed by atoms with Crippen LogP contribution in [-0.4, -0.2) is 25.5 Å². The Morgan fingerprint density at radius 2 is 2.08 bits per heavy atom. The van der Waals surface area contributed by atoms with E-state index in [1.807, 2.05) is 0 Å². The third-order valence-electron chi connectivity index (χ3n) is 0.646. The molecule has 1 aromatic rings. The zero-order valence-electron chi connectivity index (χ0n) is 6.30. The van der Waals surface area contributed by atoms with Gasteiger partial charge in [-0.25, -0.2) is 4.98 Å². The van der Waals surface area contributed by atoms with E-state index in [9.17, 15) is 0 Å². The fourth-order valence-electron chi connectivity index (χ4n) is 0.377. The Kier molecular flexibility index (Phi) is 5.48. The van der Waals surface area contributed by atoms with Gasteiger partial charge in [0, 0.05) is 0 Å². The molecule has 0 amide bonds. The molecule has 6 nitrogen and oxygen atoms in total. The number of nitrogens with zero attached hydrogens (tertiary/aromatic N) is 1. The molecule has 0 spiro atoms. The molecule has 5 N–H and O–H groups in total. The third-order valence-corrected chi connectivity index (χ3v) is 0.748. The van der Waals surface area contributed by atoms with E-state index in [2.05, 4.69) is 44.9 Å². The second-order valence-corrected chi connectivity index (χ2v) is 2.41. The molecule has 0 bridgehead atoms. The summed E-state index contributed by atoms with van der Waals surface area (Å²) < 4.78 is 4.67. The fourth-order valence-corrected chi connectivity index (χ4v) is 0.464. The van der Waals surface area contributed by atoms with E-state index in [0.29, 0.717) is 0 Å². The first-order valence-electron chi connectivity index (χ1n) is 2.90. The molecular formula is C5H7N3O3S2. The molecule has 0 aliphatic heterocycles. The number of aliphatic hydroxyl groups excluding tert-OH is 2. The van der Waals surface area contributed by atoms with Crippen molar-refractivity contribution in [2.45, 2.75) is 0 Å². The van der Waals surface area contributed by atoms with Crippen molar-refractivity contribution in [2.75, 3.05) is 5.32 Å². The minimum absolute atomic E-state index is 0.197. The van der Waals surface area contributed by atoms with Gasteiger partial charge in [0.1, 0.15) is 6.26 Å². The van der Waals surface area contributed by atoms with Crippen LogP contribution < -0.4 is 11.1 Å². The SMILES string of the molecule is NC(O)=S.OC(=S)Nc1ncco1. The van der Waals surface area contributed by atoms with Crippen LogP contribution in [0.3, 0.4) is 0 Å². The van der Waals surface area contributed by atoms with Crippen LogP contribution in [0, 0.1) is 0 Å². The Bertz CT molecular complexity index is 271. The van der Waals surface area contributed by atoms with Gasteiger partial charge in [-0.3, -0.25) is 5.32 Å². The van der Waals surface area contributed by atoms with Crippen LogP contribution in [0.15, 0.2) is 16.9 Å². The number of aromatic nitrogens is 1. The smallest absolute Gasteiger partial charge is 0.302 e. The number of thiocarbonyl (C=S) groups is 2. The summed E-state index contributed by atoms with van der Waals surface area (Å²) >= 11 is 8.16. The lowest BCUT2D eigenvalue weighted by Crippen LogP contribution is -2.06. The molecular weight excluding hydrogens is 214 g/mol. The minimum atomic E-state index is -0.500. The Morgan fingerprint density at radius 1 is 1.54 bits per heavy atom. The van der Waals surface area contributed by atoms with Crippen LogP contribution in [0.25, 0.3) is 0 Å². The Balaban J connectivity index is 0.000000310. The molecule has 1 heterocycles. The molecule has 0 aromatic carbocycles. The van der Waals surface area contributed by atoms with E-state index in [1.165, 1.54) is 12.5 Å². The molecule has 1 aromatic heterocycles. The second-order valence-electron chi connectivity index (χ2n) is 1.61. The maximum absolute atomic E-state index is 8.44.